The van der Waals surface area contributed by atoms with Crippen molar-refractivity contribution in [3.63, 3.8) is 0 Å². The van der Waals surface area contributed by atoms with Crippen molar-refractivity contribution < 1.29 is 29.6 Å². The fourth-order valence-electron chi connectivity index (χ4n) is 6.04. The highest BCUT2D eigenvalue weighted by Gasteiger charge is 2.43. The number of carbonyl (C=O) groups excluding carboxylic acids is 2. The first-order chi connectivity index (χ1) is 20.7. The van der Waals surface area contributed by atoms with Crippen LogP contribution in [0, 0.1) is 5.41 Å². The first-order valence-corrected chi connectivity index (χ1v) is 15.0. The molecule has 5 N–H and O–H groups in total. The summed E-state index contributed by atoms with van der Waals surface area (Å²) in [5.41, 5.74) is 8.78. The molecule has 2 aromatic heterocycles. The molecule has 3 aromatic rings. The monoisotopic (exact) mass is 588 g/mol. The number of aryl methyl sites for hydroxylation is 1. The molecular weight excluding hydrogens is 546 g/mol. The molecular formula is C34H42N3O6-. The van der Waals surface area contributed by atoms with E-state index in [1.165, 1.54) is 7.11 Å². The molecule has 1 aliphatic rings. The first kappa shape index (κ1) is 32.0. The van der Waals surface area contributed by atoms with Crippen LogP contribution in [-0.2, 0) is 22.4 Å². The molecule has 1 aromatic carbocycles. The van der Waals surface area contributed by atoms with Crippen LogP contribution in [0.25, 0.3) is 6.08 Å². The molecule has 3 atom stereocenters. The minimum Gasteiger partial charge on any atom is -0.668 e. The molecule has 4 rings (SSSR count). The number of phenols is 1. The van der Waals surface area contributed by atoms with Crippen molar-refractivity contribution in [3.8, 4) is 11.5 Å². The number of anilines is 1. The average molecular weight is 589 g/mol. The lowest BCUT2D eigenvalue weighted by molar-refractivity contribution is -0.138. The van der Waals surface area contributed by atoms with Crippen molar-refractivity contribution in [2.45, 2.75) is 76.7 Å². The highest BCUT2D eigenvalue weighted by atomic mass is 16.5. The van der Waals surface area contributed by atoms with E-state index in [2.05, 4.69) is 16.9 Å². The molecule has 0 aliphatic heterocycles. The van der Waals surface area contributed by atoms with E-state index in [1.807, 2.05) is 30.4 Å². The Morgan fingerprint density at radius 3 is 2.58 bits per heavy atom. The fourth-order valence-corrected chi connectivity index (χ4v) is 6.04. The minimum absolute atomic E-state index is 0.0588. The summed E-state index contributed by atoms with van der Waals surface area (Å²) in [6.45, 7) is 1.86. The Kier molecular flexibility index (Phi) is 10.8. The second kappa shape index (κ2) is 14.5. The maximum Gasteiger partial charge on any atom is 0.170 e. The van der Waals surface area contributed by atoms with Gasteiger partial charge in [0.15, 0.2) is 29.2 Å². The van der Waals surface area contributed by atoms with Crippen LogP contribution in [0.1, 0.15) is 85.7 Å². The summed E-state index contributed by atoms with van der Waals surface area (Å²) in [7, 11) is 1.44. The van der Waals surface area contributed by atoms with Crippen molar-refractivity contribution in [1.29, 1.82) is 0 Å². The second-order valence-electron chi connectivity index (χ2n) is 11.4. The molecule has 230 valence electrons. The van der Waals surface area contributed by atoms with Crippen LogP contribution in [-0.4, -0.2) is 51.7 Å². The minimum atomic E-state index is -1.64. The van der Waals surface area contributed by atoms with Crippen molar-refractivity contribution in [2.24, 2.45) is 5.41 Å². The Morgan fingerprint density at radius 1 is 1.12 bits per heavy atom. The number of unbranched alkanes of at least 4 members (excludes halogenated alkanes) is 4. The molecule has 0 spiro atoms. The number of benzene rings is 1. The van der Waals surface area contributed by atoms with E-state index in [0.29, 0.717) is 35.3 Å². The number of ether oxygens (including phenoxy) is 1. The number of hydrogen-bond acceptors (Lipinski definition) is 8. The Hall–Kier alpha value is -3.95. The summed E-state index contributed by atoms with van der Waals surface area (Å²) in [6, 6.07) is 8.99. The van der Waals surface area contributed by atoms with Crippen molar-refractivity contribution in [2.75, 3.05) is 19.5 Å². The standard InChI is InChI=1S/C34H42N3O6/c1-3-4-5-6-7-10-27(39)32(42)28(40)12-11-22-18-26(31(41)29(19-22)43-2)30-24-14-17-37-33(35)25(24)13-15-34(30,21-38)20-23-9-8-16-36-23/h8-9,13-19,30,32,38,41-42H,3-7,10-12,20-21H2,1-2H3,(H2,35,37)/q-1. The number of pyridine rings is 1. The number of nitrogens with two attached hydrogens (primary N) is 1. The number of Topliss-reactive ketones (excluding diaryl/α,β-unsaturated/α-hetero) is 2. The fraction of sp³-hybridized carbons (Fsp3) is 0.441. The number of nitrogens with zero attached hydrogens (tertiary/aromatic N) is 2. The van der Waals surface area contributed by atoms with Crippen LogP contribution in [0.4, 0.5) is 5.82 Å². The van der Waals surface area contributed by atoms with Crippen LogP contribution < -0.4 is 15.5 Å². The van der Waals surface area contributed by atoms with Crippen molar-refractivity contribution >= 4 is 23.5 Å². The van der Waals surface area contributed by atoms with Gasteiger partial charge < -0.3 is 30.8 Å². The number of nitrogen functional groups attached to an aromatic ring is 1. The summed E-state index contributed by atoms with van der Waals surface area (Å²) in [5, 5.41) is 32.8. The number of phenolic OH excluding ortho intramolecular Hbond substituents is 1. The van der Waals surface area contributed by atoms with Crippen LogP contribution >= 0.6 is 0 Å². The number of rotatable bonds is 16. The van der Waals surface area contributed by atoms with Gasteiger partial charge in [-0.3, -0.25) is 9.59 Å². The molecule has 9 nitrogen and oxygen atoms in total. The zero-order chi connectivity index (χ0) is 31.0. The van der Waals surface area contributed by atoms with Gasteiger partial charge in [-0.2, -0.15) is 11.9 Å². The molecule has 0 radical (unpaired) electrons. The lowest BCUT2D eigenvalue weighted by Gasteiger charge is -2.42. The molecule has 1 aliphatic carbocycles. The van der Waals surface area contributed by atoms with Crippen molar-refractivity contribution in [1.82, 2.24) is 9.97 Å². The number of aliphatic hydroxyl groups is 2. The molecule has 0 saturated carbocycles. The van der Waals surface area contributed by atoms with Gasteiger partial charge in [-0.1, -0.05) is 63.0 Å². The Morgan fingerprint density at radius 2 is 1.88 bits per heavy atom. The number of hydrogen-bond donors (Lipinski definition) is 4. The largest absolute Gasteiger partial charge is 0.668 e. The topological polar surface area (TPSA) is 157 Å². The first-order valence-electron chi connectivity index (χ1n) is 15.0. The van der Waals surface area contributed by atoms with E-state index in [9.17, 15) is 24.9 Å². The smallest absolute Gasteiger partial charge is 0.170 e. The zero-order valence-electron chi connectivity index (χ0n) is 25.0. The molecule has 0 amide bonds. The number of aromatic nitrogens is 2. The molecule has 9 heteroatoms. The van der Waals surface area contributed by atoms with Crippen LogP contribution in [0.15, 0.2) is 48.8 Å². The molecule has 0 bridgehead atoms. The molecule has 43 heavy (non-hydrogen) atoms. The predicted octanol–water partition coefficient (Wildman–Crippen LogP) is 4.51. The molecule has 0 saturated heterocycles. The van der Waals surface area contributed by atoms with Crippen LogP contribution in [0.5, 0.6) is 11.5 Å². The third-order valence-corrected chi connectivity index (χ3v) is 8.43. The summed E-state index contributed by atoms with van der Waals surface area (Å²) in [6.07, 6.45) is 10.9. The van der Waals surface area contributed by atoms with Crippen molar-refractivity contribution in [3.05, 3.63) is 76.7 Å². The number of methoxy groups -OCH3 is 1. The maximum absolute atomic E-state index is 12.8. The Balaban J connectivity index is 1.64. The SMILES string of the molecule is CCCCCCCC(=O)C(O)C(=O)CCc1cc(OC)c(O)c(C2c3ccnc(N)c3C=CC2(CO)Cc2ccc[n-]2)c1. The number of ketones is 2. The number of aliphatic hydroxyl groups excluding tert-OH is 2. The maximum atomic E-state index is 12.8. The lowest BCUT2D eigenvalue weighted by atomic mass is 9.63. The Bertz CT molecular complexity index is 1430. The highest BCUT2D eigenvalue weighted by Crippen LogP contribution is 2.53. The lowest BCUT2D eigenvalue weighted by Crippen LogP contribution is -2.37. The quantitative estimate of drug-likeness (QED) is 0.140. The van der Waals surface area contributed by atoms with E-state index in [4.69, 9.17) is 10.5 Å². The number of aromatic hydroxyl groups is 1. The van der Waals surface area contributed by atoms with Gasteiger partial charge in [0.05, 0.1) is 13.7 Å². The van der Waals surface area contributed by atoms with E-state index in [0.717, 1.165) is 36.9 Å². The third kappa shape index (κ3) is 7.17. The van der Waals surface area contributed by atoms with Gasteiger partial charge in [-0.05, 0) is 42.5 Å². The van der Waals surface area contributed by atoms with E-state index >= 15 is 0 Å². The third-order valence-electron chi connectivity index (χ3n) is 8.43. The van der Waals surface area contributed by atoms with Crippen LogP contribution in [0.2, 0.25) is 0 Å². The van der Waals surface area contributed by atoms with Gasteiger partial charge in [-0.25, -0.2) is 4.98 Å². The molecule has 3 unspecified atom stereocenters. The van der Waals surface area contributed by atoms with Gasteiger partial charge in [-0.15, -0.1) is 0 Å². The van der Waals surface area contributed by atoms with Gasteiger partial charge in [0.2, 0.25) is 0 Å². The summed E-state index contributed by atoms with van der Waals surface area (Å²) in [5.74, 6) is -1.11. The van der Waals surface area contributed by atoms with Gasteiger partial charge in [0.1, 0.15) is 5.82 Å². The van der Waals surface area contributed by atoms with Gasteiger partial charge in [0, 0.05) is 41.5 Å². The molecule has 0 fully saturated rings. The van der Waals surface area contributed by atoms with E-state index in [1.54, 1.807) is 24.5 Å². The predicted molar refractivity (Wildman–Crippen MR) is 165 cm³/mol. The number of fused-ring (bicyclic) bond motifs is 1. The zero-order valence-corrected chi connectivity index (χ0v) is 25.0. The highest BCUT2D eigenvalue weighted by molar-refractivity contribution is 6.05. The Labute approximate surface area is 252 Å². The normalized spacial score (nSPS) is 18.3. The molecule has 2 heterocycles. The number of carbonyl (C=O) groups is 2. The second-order valence-corrected chi connectivity index (χ2v) is 11.4. The van der Waals surface area contributed by atoms with E-state index in [-0.39, 0.29) is 37.4 Å². The van der Waals surface area contributed by atoms with E-state index < -0.39 is 29.0 Å². The summed E-state index contributed by atoms with van der Waals surface area (Å²) >= 11 is 0. The van der Waals surface area contributed by atoms with Gasteiger partial charge >= 0.3 is 0 Å². The summed E-state index contributed by atoms with van der Waals surface area (Å²) in [4.78, 5) is 33.9. The van der Waals surface area contributed by atoms with Crippen LogP contribution in [0.3, 0.4) is 0 Å². The summed E-state index contributed by atoms with van der Waals surface area (Å²) < 4.78 is 5.53. The van der Waals surface area contributed by atoms with Gasteiger partial charge in [0.25, 0.3) is 0 Å². The average Bonchev–Trinajstić information content (AvgIpc) is 3.52.